The molecule has 0 N–H and O–H groups in total. The Hall–Kier alpha value is -0.650. The fourth-order valence-corrected chi connectivity index (χ4v) is 1.14. The van der Waals surface area contributed by atoms with Crippen LogP contribution >= 0.6 is 23.2 Å². The average Bonchev–Trinajstić information content (AvgIpc) is 1.95. The van der Waals surface area contributed by atoms with Gasteiger partial charge in [-0.05, 0) is 23.2 Å². The highest BCUT2D eigenvalue weighted by molar-refractivity contribution is 6.31. The van der Waals surface area contributed by atoms with Gasteiger partial charge in [0, 0.05) is 0 Å². The summed E-state index contributed by atoms with van der Waals surface area (Å²) < 4.78 is 10.2. The molecule has 7 heteroatoms. The van der Waals surface area contributed by atoms with Crippen LogP contribution in [0.4, 0.5) is 0 Å². The van der Waals surface area contributed by atoms with E-state index in [2.05, 4.69) is 15.0 Å². The lowest BCUT2D eigenvalue weighted by atomic mass is 10.3. The molecule has 0 amide bonds. The van der Waals surface area contributed by atoms with Crippen LogP contribution in [-0.2, 0) is 4.74 Å². The summed E-state index contributed by atoms with van der Waals surface area (Å²) in [6, 6.07) is 0.137. The highest BCUT2D eigenvalue weighted by Crippen LogP contribution is 2.14. The Morgan fingerprint density at radius 3 is 2.23 bits per heavy atom. The molecule has 0 saturated carbocycles. The van der Waals surface area contributed by atoms with Crippen LogP contribution < -0.4 is 4.74 Å². The van der Waals surface area contributed by atoms with Crippen molar-refractivity contribution < 1.29 is 9.47 Å². The maximum absolute atomic E-state index is 5.54. The molecule has 0 atom stereocenters. The SMILES string of the molecule is Clc1nc(Cl)nc(OC2COC2)n1. The quantitative estimate of drug-likeness (QED) is 0.745. The van der Waals surface area contributed by atoms with E-state index in [0.29, 0.717) is 13.2 Å². The topological polar surface area (TPSA) is 57.1 Å². The summed E-state index contributed by atoms with van der Waals surface area (Å²) in [5.74, 6) is 0. The largest absolute Gasteiger partial charge is 0.455 e. The van der Waals surface area contributed by atoms with Crippen molar-refractivity contribution >= 4 is 23.2 Å². The van der Waals surface area contributed by atoms with Crippen LogP contribution in [0.15, 0.2) is 0 Å². The molecular weight excluding hydrogens is 217 g/mol. The third-order valence-corrected chi connectivity index (χ3v) is 1.78. The summed E-state index contributed by atoms with van der Waals surface area (Å²) in [6.07, 6.45) is -0.00506. The van der Waals surface area contributed by atoms with Crippen molar-refractivity contribution in [2.45, 2.75) is 6.10 Å². The normalized spacial score (nSPS) is 16.8. The van der Waals surface area contributed by atoms with E-state index in [1.54, 1.807) is 0 Å². The molecule has 1 aliphatic heterocycles. The van der Waals surface area contributed by atoms with Gasteiger partial charge in [0.05, 0.1) is 13.2 Å². The van der Waals surface area contributed by atoms with E-state index < -0.39 is 0 Å². The van der Waals surface area contributed by atoms with Gasteiger partial charge >= 0.3 is 6.01 Å². The van der Waals surface area contributed by atoms with Crippen molar-refractivity contribution in [1.82, 2.24) is 15.0 Å². The van der Waals surface area contributed by atoms with Crippen molar-refractivity contribution in [3.63, 3.8) is 0 Å². The fraction of sp³-hybridized carbons (Fsp3) is 0.500. The molecule has 5 nitrogen and oxygen atoms in total. The van der Waals surface area contributed by atoms with Crippen molar-refractivity contribution in [2.24, 2.45) is 0 Å². The molecule has 0 spiro atoms. The van der Waals surface area contributed by atoms with Crippen molar-refractivity contribution in [3.8, 4) is 6.01 Å². The molecule has 1 aliphatic rings. The molecule has 2 heterocycles. The van der Waals surface area contributed by atoms with Gasteiger partial charge in [0.25, 0.3) is 0 Å². The number of nitrogens with zero attached hydrogens (tertiary/aromatic N) is 3. The molecule has 0 aromatic carbocycles. The van der Waals surface area contributed by atoms with E-state index in [-0.39, 0.29) is 22.7 Å². The Morgan fingerprint density at radius 1 is 1.15 bits per heavy atom. The Morgan fingerprint density at radius 2 is 1.77 bits per heavy atom. The van der Waals surface area contributed by atoms with E-state index in [1.807, 2.05) is 0 Å². The lowest BCUT2D eigenvalue weighted by Gasteiger charge is -2.25. The molecule has 1 saturated heterocycles. The first-order valence-electron chi connectivity index (χ1n) is 3.55. The number of ether oxygens (including phenoxy) is 2. The van der Waals surface area contributed by atoms with Crippen molar-refractivity contribution in [3.05, 3.63) is 10.6 Å². The first-order chi connectivity index (χ1) is 6.24. The summed E-state index contributed by atoms with van der Waals surface area (Å²) in [4.78, 5) is 11.1. The minimum Gasteiger partial charge on any atom is -0.455 e. The van der Waals surface area contributed by atoms with Gasteiger partial charge in [0.15, 0.2) is 0 Å². The third-order valence-electron chi connectivity index (χ3n) is 1.44. The third kappa shape index (κ3) is 2.18. The van der Waals surface area contributed by atoms with Crippen LogP contribution in [0.3, 0.4) is 0 Å². The van der Waals surface area contributed by atoms with Crippen LogP contribution in [0.5, 0.6) is 6.01 Å². The monoisotopic (exact) mass is 221 g/mol. The summed E-state index contributed by atoms with van der Waals surface area (Å²) in [5, 5.41) is 0.0467. The van der Waals surface area contributed by atoms with Gasteiger partial charge < -0.3 is 9.47 Å². The van der Waals surface area contributed by atoms with Crippen LogP contribution in [0, 0.1) is 0 Å². The van der Waals surface area contributed by atoms with E-state index in [9.17, 15) is 0 Å². The average molecular weight is 222 g/mol. The molecule has 1 fully saturated rings. The van der Waals surface area contributed by atoms with Gasteiger partial charge in [0.1, 0.15) is 6.10 Å². The number of aromatic nitrogens is 3. The van der Waals surface area contributed by atoms with Crippen LogP contribution in [0.1, 0.15) is 0 Å². The van der Waals surface area contributed by atoms with Gasteiger partial charge in [-0.3, -0.25) is 0 Å². The lowest BCUT2D eigenvalue weighted by Crippen LogP contribution is -2.39. The fourth-order valence-electron chi connectivity index (χ4n) is 0.793. The number of halogens is 2. The highest BCUT2D eigenvalue weighted by Gasteiger charge is 2.21. The zero-order valence-electron chi connectivity index (χ0n) is 6.41. The summed E-state index contributed by atoms with van der Waals surface area (Å²) >= 11 is 11.1. The van der Waals surface area contributed by atoms with E-state index >= 15 is 0 Å². The summed E-state index contributed by atoms with van der Waals surface area (Å²) in [7, 11) is 0. The zero-order valence-corrected chi connectivity index (χ0v) is 7.92. The molecule has 0 bridgehead atoms. The Balaban J connectivity index is 2.10. The Bertz CT molecular complexity index is 298. The molecule has 0 aliphatic carbocycles. The molecule has 1 aromatic heterocycles. The van der Waals surface area contributed by atoms with E-state index in [4.69, 9.17) is 32.7 Å². The Kier molecular flexibility index (Phi) is 2.48. The number of rotatable bonds is 2. The van der Waals surface area contributed by atoms with E-state index in [0.717, 1.165) is 0 Å². The Labute approximate surface area is 84.0 Å². The summed E-state index contributed by atoms with van der Waals surface area (Å²) in [6.45, 7) is 1.09. The number of hydrogen-bond donors (Lipinski definition) is 0. The molecular formula is C6H5Cl2N3O2. The number of hydrogen-bond acceptors (Lipinski definition) is 5. The zero-order chi connectivity index (χ0) is 9.26. The van der Waals surface area contributed by atoms with Crippen molar-refractivity contribution in [1.29, 1.82) is 0 Å². The maximum atomic E-state index is 5.54. The predicted molar refractivity (Wildman–Crippen MR) is 45.1 cm³/mol. The minimum atomic E-state index is -0.00506. The smallest absolute Gasteiger partial charge is 0.322 e. The standard InChI is InChI=1S/C6H5Cl2N3O2/c7-4-9-5(8)11-6(10-4)13-3-1-12-2-3/h3H,1-2H2. The second-order valence-electron chi connectivity index (χ2n) is 2.43. The first-order valence-corrected chi connectivity index (χ1v) is 4.31. The molecule has 1 aromatic rings. The van der Waals surface area contributed by atoms with Gasteiger partial charge in [-0.25, -0.2) is 0 Å². The van der Waals surface area contributed by atoms with Gasteiger partial charge in [-0.2, -0.15) is 15.0 Å². The van der Waals surface area contributed by atoms with E-state index in [1.165, 1.54) is 0 Å². The second-order valence-corrected chi connectivity index (χ2v) is 3.11. The molecule has 0 radical (unpaired) electrons. The maximum Gasteiger partial charge on any atom is 0.322 e. The highest BCUT2D eigenvalue weighted by atomic mass is 35.5. The van der Waals surface area contributed by atoms with Gasteiger partial charge in [-0.1, -0.05) is 0 Å². The van der Waals surface area contributed by atoms with Gasteiger partial charge in [0.2, 0.25) is 10.6 Å². The molecule has 13 heavy (non-hydrogen) atoms. The van der Waals surface area contributed by atoms with Crippen LogP contribution in [-0.4, -0.2) is 34.3 Å². The minimum absolute atomic E-state index is 0.00506. The summed E-state index contributed by atoms with van der Waals surface area (Å²) in [5.41, 5.74) is 0. The lowest BCUT2D eigenvalue weighted by molar-refractivity contribution is -0.0831. The molecule has 2 rings (SSSR count). The molecule has 0 unspecified atom stereocenters. The van der Waals surface area contributed by atoms with Crippen LogP contribution in [0.2, 0.25) is 10.6 Å². The van der Waals surface area contributed by atoms with Crippen molar-refractivity contribution in [2.75, 3.05) is 13.2 Å². The van der Waals surface area contributed by atoms with Gasteiger partial charge in [-0.15, -0.1) is 0 Å². The van der Waals surface area contributed by atoms with Crippen LogP contribution in [0.25, 0.3) is 0 Å². The second kappa shape index (κ2) is 3.61. The predicted octanol–water partition coefficient (Wildman–Crippen LogP) is 0.956. The molecule has 70 valence electrons. The first kappa shape index (κ1) is 8.93.